The molecule has 2 atom stereocenters. The van der Waals surface area contributed by atoms with Gasteiger partial charge in [-0.25, -0.2) is 0 Å². The Labute approximate surface area is 88.8 Å². The lowest BCUT2D eigenvalue weighted by atomic mass is 9.95. The summed E-state index contributed by atoms with van der Waals surface area (Å²) in [5.41, 5.74) is 5.53. The minimum atomic E-state index is 0.738. The molecule has 1 rings (SSSR count). The van der Waals surface area contributed by atoms with Crippen molar-refractivity contribution in [3.8, 4) is 0 Å². The van der Waals surface area contributed by atoms with Crippen LogP contribution in [0.4, 0.5) is 0 Å². The van der Waals surface area contributed by atoms with E-state index in [1.165, 1.54) is 32.4 Å². The van der Waals surface area contributed by atoms with Gasteiger partial charge in [0.15, 0.2) is 0 Å². The standard InChI is InChI=1S/C12H26N2/c1-10(2)12-6-8-14(9-12)11(3)5-4-7-13/h10-12H,4-9,13H2,1-3H3. The Balaban J connectivity index is 2.26. The molecule has 2 unspecified atom stereocenters. The number of hydrogen-bond acceptors (Lipinski definition) is 2. The summed E-state index contributed by atoms with van der Waals surface area (Å²) < 4.78 is 0. The van der Waals surface area contributed by atoms with Crippen LogP contribution in [-0.2, 0) is 0 Å². The van der Waals surface area contributed by atoms with Crippen LogP contribution < -0.4 is 5.73 Å². The van der Waals surface area contributed by atoms with Gasteiger partial charge in [-0.3, -0.25) is 0 Å². The molecule has 0 spiro atoms. The second kappa shape index (κ2) is 5.72. The smallest absolute Gasteiger partial charge is 0.00675 e. The van der Waals surface area contributed by atoms with Crippen LogP contribution in [0, 0.1) is 11.8 Å². The molecular weight excluding hydrogens is 172 g/mol. The molecule has 0 saturated carbocycles. The molecule has 14 heavy (non-hydrogen) atoms. The molecule has 0 bridgehead atoms. The summed E-state index contributed by atoms with van der Waals surface area (Å²) in [5, 5.41) is 0. The van der Waals surface area contributed by atoms with E-state index in [9.17, 15) is 0 Å². The van der Waals surface area contributed by atoms with Crippen LogP contribution in [0.25, 0.3) is 0 Å². The quantitative estimate of drug-likeness (QED) is 0.733. The average molecular weight is 198 g/mol. The van der Waals surface area contributed by atoms with Gasteiger partial charge in [-0.15, -0.1) is 0 Å². The summed E-state index contributed by atoms with van der Waals surface area (Å²) in [5.74, 6) is 1.78. The average Bonchev–Trinajstić information content (AvgIpc) is 2.62. The van der Waals surface area contributed by atoms with Crippen LogP contribution in [0.3, 0.4) is 0 Å². The molecule has 0 aromatic heterocycles. The number of rotatable bonds is 5. The van der Waals surface area contributed by atoms with E-state index in [1.807, 2.05) is 0 Å². The van der Waals surface area contributed by atoms with Crippen molar-refractivity contribution in [3.05, 3.63) is 0 Å². The molecule has 2 N–H and O–H groups in total. The van der Waals surface area contributed by atoms with E-state index in [-0.39, 0.29) is 0 Å². The van der Waals surface area contributed by atoms with Crippen molar-refractivity contribution in [2.75, 3.05) is 19.6 Å². The van der Waals surface area contributed by atoms with Gasteiger partial charge in [0.2, 0.25) is 0 Å². The molecule has 2 nitrogen and oxygen atoms in total. The molecule has 1 fully saturated rings. The molecule has 1 heterocycles. The molecule has 1 aliphatic rings. The van der Waals surface area contributed by atoms with Crippen LogP contribution in [0.1, 0.15) is 40.0 Å². The molecule has 0 aromatic rings. The highest BCUT2D eigenvalue weighted by molar-refractivity contribution is 4.80. The number of nitrogens with zero attached hydrogens (tertiary/aromatic N) is 1. The van der Waals surface area contributed by atoms with Crippen LogP contribution in [0.5, 0.6) is 0 Å². The minimum absolute atomic E-state index is 0.738. The Kier molecular flexibility index (Phi) is 4.90. The maximum absolute atomic E-state index is 5.53. The van der Waals surface area contributed by atoms with Crippen LogP contribution in [0.2, 0.25) is 0 Å². The van der Waals surface area contributed by atoms with E-state index < -0.39 is 0 Å². The Hall–Kier alpha value is -0.0800. The van der Waals surface area contributed by atoms with Crippen molar-refractivity contribution in [3.63, 3.8) is 0 Å². The third-order valence-corrected chi connectivity index (χ3v) is 3.65. The van der Waals surface area contributed by atoms with E-state index in [4.69, 9.17) is 5.73 Å². The van der Waals surface area contributed by atoms with E-state index >= 15 is 0 Å². The summed E-state index contributed by atoms with van der Waals surface area (Å²) in [6.07, 6.45) is 3.83. The lowest BCUT2D eigenvalue weighted by molar-refractivity contribution is 0.227. The van der Waals surface area contributed by atoms with E-state index in [2.05, 4.69) is 25.7 Å². The summed E-state index contributed by atoms with van der Waals surface area (Å²) in [6.45, 7) is 10.5. The Morgan fingerprint density at radius 1 is 1.36 bits per heavy atom. The number of likely N-dealkylation sites (tertiary alicyclic amines) is 1. The maximum atomic E-state index is 5.53. The second-order valence-electron chi connectivity index (χ2n) is 5.07. The highest BCUT2D eigenvalue weighted by Crippen LogP contribution is 2.25. The Morgan fingerprint density at radius 3 is 2.57 bits per heavy atom. The van der Waals surface area contributed by atoms with Gasteiger partial charge in [-0.2, -0.15) is 0 Å². The first kappa shape index (κ1) is 12.0. The van der Waals surface area contributed by atoms with Crippen molar-refractivity contribution in [1.82, 2.24) is 4.90 Å². The van der Waals surface area contributed by atoms with Crippen molar-refractivity contribution >= 4 is 0 Å². The van der Waals surface area contributed by atoms with Crippen molar-refractivity contribution in [2.45, 2.75) is 46.1 Å². The van der Waals surface area contributed by atoms with Crippen molar-refractivity contribution in [2.24, 2.45) is 17.6 Å². The molecule has 0 aliphatic carbocycles. The van der Waals surface area contributed by atoms with Gasteiger partial charge in [0.05, 0.1) is 0 Å². The number of hydrogen-bond donors (Lipinski definition) is 1. The lowest BCUT2D eigenvalue weighted by Gasteiger charge is -2.24. The first-order valence-electron chi connectivity index (χ1n) is 6.09. The number of nitrogens with two attached hydrogens (primary N) is 1. The van der Waals surface area contributed by atoms with E-state index in [0.717, 1.165) is 24.4 Å². The Morgan fingerprint density at radius 2 is 2.07 bits per heavy atom. The van der Waals surface area contributed by atoms with Crippen LogP contribution in [0.15, 0.2) is 0 Å². The Bertz CT molecular complexity index is 156. The summed E-state index contributed by atoms with van der Waals surface area (Å²) in [4.78, 5) is 2.64. The molecule has 1 saturated heterocycles. The largest absolute Gasteiger partial charge is 0.330 e. The minimum Gasteiger partial charge on any atom is -0.330 e. The zero-order valence-corrected chi connectivity index (χ0v) is 10.00. The first-order valence-corrected chi connectivity index (χ1v) is 6.09. The highest BCUT2D eigenvalue weighted by atomic mass is 15.2. The van der Waals surface area contributed by atoms with Gasteiger partial charge in [0.25, 0.3) is 0 Å². The van der Waals surface area contributed by atoms with E-state index in [0.29, 0.717) is 0 Å². The molecule has 0 radical (unpaired) electrons. The van der Waals surface area contributed by atoms with Gasteiger partial charge in [-0.05, 0) is 51.1 Å². The normalized spacial score (nSPS) is 25.9. The highest BCUT2D eigenvalue weighted by Gasteiger charge is 2.27. The molecular formula is C12H26N2. The first-order chi connectivity index (χ1) is 6.65. The van der Waals surface area contributed by atoms with Gasteiger partial charge >= 0.3 is 0 Å². The third kappa shape index (κ3) is 3.25. The molecule has 2 heteroatoms. The van der Waals surface area contributed by atoms with Gasteiger partial charge < -0.3 is 10.6 Å². The maximum Gasteiger partial charge on any atom is 0.00675 e. The fourth-order valence-electron chi connectivity index (χ4n) is 2.36. The van der Waals surface area contributed by atoms with Crippen molar-refractivity contribution < 1.29 is 0 Å². The van der Waals surface area contributed by atoms with Crippen LogP contribution in [-0.4, -0.2) is 30.6 Å². The van der Waals surface area contributed by atoms with Crippen LogP contribution >= 0.6 is 0 Å². The zero-order chi connectivity index (χ0) is 10.6. The predicted molar refractivity (Wildman–Crippen MR) is 62.3 cm³/mol. The van der Waals surface area contributed by atoms with Gasteiger partial charge in [0.1, 0.15) is 0 Å². The third-order valence-electron chi connectivity index (χ3n) is 3.65. The summed E-state index contributed by atoms with van der Waals surface area (Å²) in [7, 11) is 0. The summed E-state index contributed by atoms with van der Waals surface area (Å²) in [6, 6.07) is 0.738. The fraction of sp³-hybridized carbons (Fsp3) is 1.00. The molecule has 0 aromatic carbocycles. The summed E-state index contributed by atoms with van der Waals surface area (Å²) >= 11 is 0. The molecule has 84 valence electrons. The monoisotopic (exact) mass is 198 g/mol. The zero-order valence-electron chi connectivity index (χ0n) is 10.00. The second-order valence-corrected chi connectivity index (χ2v) is 5.07. The lowest BCUT2D eigenvalue weighted by Crippen LogP contribution is -2.31. The molecule has 1 aliphatic heterocycles. The predicted octanol–water partition coefficient (Wildman–Crippen LogP) is 2.09. The van der Waals surface area contributed by atoms with Gasteiger partial charge in [-0.1, -0.05) is 13.8 Å². The van der Waals surface area contributed by atoms with Crippen molar-refractivity contribution in [1.29, 1.82) is 0 Å². The van der Waals surface area contributed by atoms with Gasteiger partial charge in [0, 0.05) is 12.6 Å². The fourth-order valence-corrected chi connectivity index (χ4v) is 2.36. The SMILES string of the molecule is CC(C)C1CCN(C(C)CCCN)C1. The topological polar surface area (TPSA) is 29.3 Å². The molecule has 0 amide bonds. The van der Waals surface area contributed by atoms with E-state index in [1.54, 1.807) is 0 Å².